The molecule has 0 aliphatic heterocycles. The smallest absolute Gasteiger partial charge is 0.234 e. The van der Waals surface area contributed by atoms with Crippen molar-refractivity contribution < 1.29 is 9.53 Å². The zero-order chi connectivity index (χ0) is 18.5. The van der Waals surface area contributed by atoms with Gasteiger partial charge < -0.3 is 10.1 Å². The van der Waals surface area contributed by atoms with Gasteiger partial charge in [-0.05, 0) is 36.4 Å². The number of rotatable bonds is 6. The number of carbonyl (C=O) groups is 1. The van der Waals surface area contributed by atoms with E-state index < -0.39 is 0 Å². The van der Waals surface area contributed by atoms with Crippen LogP contribution < -0.4 is 10.1 Å². The number of nitrogens with zero attached hydrogens (tertiary/aromatic N) is 2. The lowest BCUT2D eigenvalue weighted by molar-refractivity contribution is -0.113. The van der Waals surface area contributed by atoms with Crippen molar-refractivity contribution in [1.29, 1.82) is 0 Å². The van der Waals surface area contributed by atoms with E-state index in [1.807, 2.05) is 83.4 Å². The van der Waals surface area contributed by atoms with E-state index >= 15 is 0 Å². The molecular formula is C21H17N3O2S. The first-order valence-electron chi connectivity index (χ1n) is 8.46. The molecule has 0 radical (unpaired) electrons. The Labute approximate surface area is 161 Å². The van der Waals surface area contributed by atoms with E-state index in [1.54, 1.807) is 6.20 Å². The van der Waals surface area contributed by atoms with E-state index in [0.29, 0.717) is 11.4 Å². The largest absolute Gasteiger partial charge is 0.455 e. The van der Waals surface area contributed by atoms with Crippen molar-refractivity contribution in [2.45, 2.75) is 5.16 Å². The molecule has 27 heavy (non-hydrogen) atoms. The summed E-state index contributed by atoms with van der Waals surface area (Å²) in [4.78, 5) is 16.8. The SMILES string of the molecule is O=C(CSc1ncc2ccccn12)Nc1ccccc1Oc1ccccc1. The van der Waals surface area contributed by atoms with Crippen molar-refractivity contribution in [1.82, 2.24) is 9.38 Å². The van der Waals surface area contributed by atoms with Crippen LogP contribution in [-0.2, 0) is 4.79 Å². The standard InChI is InChI=1S/C21H17N3O2S/c25-20(15-27-21-22-14-16-8-6-7-13-24(16)21)23-18-11-4-5-12-19(18)26-17-9-2-1-3-10-17/h1-14H,15H2,(H,23,25). The number of para-hydroxylation sites is 3. The molecule has 0 unspecified atom stereocenters. The number of nitrogens with one attached hydrogen (secondary N) is 1. The fraction of sp³-hybridized carbons (Fsp3) is 0.0476. The van der Waals surface area contributed by atoms with Gasteiger partial charge in [0.1, 0.15) is 5.75 Å². The van der Waals surface area contributed by atoms with Crippen molar-refractivity contribution >= 4 is 28.9 Å². The third kappa shape index (κ3) is 4.12. The number of pyridine rings is 1. The second kappa shape index (κ2) is 7.97. The average molecular weight is 375 g/mol. The summed E-state index contributed by atoms with van der Waals surface area (Å²) in [7, 11) is 0. The lowest BCUT2D eigenvalue weighted by Crippen LogP contribution is -2.14. The van der Waals surface area contributed by atoms with Crippen LogP contribution in [0.25, 0.3) is 5.52 Å². The number of aromatic nitrogens is 2. The zero-order valence-corrected chi connectivity index (χ0v) is 15.2. The van der Waals surface area contributed by atoms with Crippen LogP contribution in [0.2, 0.25) is 0 Å². The number of benzene rings is 2. The van der Waals surface area contributed by atoms with Gasteiger partial charge in [-0.1, -0.05) is 48.2 Å². The summed E-state index contributed by atoms with van der Waals surface area (Å²) >= 11 is 1.39. The summed E-state index contributed by atoms with van der Waals surface area (Å²) in [6.07, 6.45) is 3.73. The predicted molar refractivity (Wildman–Crippen MR) is 108 cm³/mol. The normalized spacial score (nSPS) is 10.7. The number of thioether (sulfide) groups is 1. The van der Waals surface area contributed by atoms with E-state index in [9.17, 15) is 4.79 Å². The molecule has 134 valence electrons. The molecule has 1 N–H and O–H groups in total. The molecule has 0 saturated carbocycles. The van der Waals surface area contributed by atoms with Crippen molar-refractivity contribution in [3.63, 3.8) is 0 Å². The first-order valence-corrected chi connectivity index (χ1v) is 9.45. The third-order valence-electron chi connectivity index (χ3n) is 3.87. The van der Waals surface area contributed by atoms with Crippen molar-refractivity contribution in [2.75, 3.05) is 11.1 Å². The first kappa shape index (κ1) is 17.2. The third-order valence-corrected chi connectivity index (χ3v) is 4.84. The number of hydrogen-bond donors (Lipinski definition) is 1. The molecule has 0 bridgehead atoms. The van der Waals surface area contributed by atoms with E-state index in [4.69, 9.17) is 4.74 Å². The maximum atomic E-state index is 12.4. The minimum atomic E-state index is -0.114. The first-order chi connectivity index (χ1) is 13.3. The molecule has 0 fully saturated rings. The van der Waals surface area contributed by atoms with Gasteiger partial charge in [-0.3, -0.25) is 9.20 Å². The Kier molecular flexibility index (Phi) is 5.07. The second-order valence-corrected chi connectivity index (χ2v) is 6.73. The number of amides is 1. The van der Waals surface area contributed by atoms with Crippen LogP contribution in [0, 0.1) is 0 Å². The molecule has 2 heterocycles. The predicted octanol–water partition coefficient (Wildman–Crippen LogP) is 4.86. The summed E-state index contributed by atoms with van der Waals surface area (Å²) in [6.45, 7) is 0. The van der Waals surface area contributed by atoms with E-state index in [1.165, 1.54) is 11.8 Å². The molecule has 0 saturated heterocycles. The van der Waals surface area contributed by atoms with Gasteiger partial charge in [-0.25, -0.2) is 4.98 Å². The summed E-state index contributed by atoms with van der Waals surface area (Å²) in [5.41, 5.74) is 1.64. The number of ether oxygens (including phenoxy) is 1. The Hall–Kier alpha value is -3.25. The van der Waals surface area contributed by atoms with E-state index in [2.05, 4.69) is 10.3 Å². The summed E-state index contributed by atoms with van der Waals surface area (Å²) in [6, 6.07) is 22.8. The minimum Gasteiger partial charge on any atom is -0.455 e. The number of fused-ring (bicyclic) bond motifs is 1. The van der Waals surface area contributed by atoms with Gasteiger partial charge in [0.15, 0.2) is 10.9 Å². The highest BCUT2D eigenvalue weighted by Crippen LogP contribution is 2.29. The molecule has 1 amide bonds. The zero-order valence-electron chi connectivity index (χ0n) is 14.4. The van der Waals surface area contributed by atoms with Crippen molar-refractivity contribution in [2.24, 2.45) is 0 Å². The second-order valence-electron chi connectivity index (χ2n) is 5.78. The Morgan fingerprint density at radius 1 is 1.00 bits per heavy atom. The Morgan fingerprint density at radius 3 is 2.67 bits per heavy atom. The fourth-order valence-corrected chi connectivity index (χ4v) is 3.38. The molecular weight excluding hydrogens is 358 g/mol. The van der Waals surface area contributed by atoms with Gasteiger partial charge in [-0.2, -0.15) is 0 Å². The van der Waals surface area contributed by atoms with Crippen LogP contribution in [0.3, 0.4) is 0 Å². The maximum absolute atomic E-state index is 12.4. The summed E-state index contributed by atoms with van der Waals surface area (Å²) in [5, 5.41) is 3.71. The molecule has 0 aliphatic carbocycles. The number of anilines is 1. The molecule has 4 rings (SSSR count). The number of imidazole rings is 1. The molecule has 2 aromatic heterocycles. The van der Waals surface area contributed by atoms with Crippen LogP contribution in [-0.4, -0.2) is 21.0 Å². The van der Waals surface area contributed by atoms with Gasteiger partial charge in [-0.15, -0.1) is 0 Å². The van der Waals surface area contributed by atoms with Gasteiger partial charge >= 0.3 is 0 Å². The van der Waals surface area contributed by atoms with Crippen LogP contribution in [0.1, 0.15) is 0 Å². The summed E-state index contributed by atoms with van der Waals surface area (Å²) in [5.74, 6) is 1.47. The highest BCUT2D eigenvalue weighted by molar-refractivity contribution is 7.99. The van der Waals surface area contributed by atoms with Gasteiger partial charge in [0, 0.05) is 6.20 Å². The fourth-order valence-electron chi connectivity index (χ4n) is 2.62. The van der Waals surface area contributed by atoms with Crippen molar-refractivity contribution in [3.8, 4) is 11.5 Å². The van der Waals surface area contributed by atoms with Gasteiger partial charge in [0.05, 0.1) is 23.2 Å². The summed E-state index contributed by atoms with van der Waals surface area (Å²) < 4.78 is 7.84. The lowest BCUT2D eigenvalue weighted by atomic mass is 10.3. The molecule has 0 spiro atoms. The number of carbonyl (C=O) groups excluding carboxylic acids is 1. The molecule has 4 aromatic rings. The van der Waals surface area contributed by atoms with Gasteiger partial charge in [0.2, 0.25) is 5.91 Å². The van der Waals surface area contributed by atoms with E-state index in [-0.39, 0.29) is 11.7 Å². The van der Waals surface area contributed by atoms with E-state index in [0.717, 1.165) is 16.4 Å². The van der Waals surface area contributed by atoms with Gasteiger partial charge in [0.25, 0.3) is 0 Å². The highest BCUT2D eigenvalue weighted by atomic mass is 32.2. The van der Waals surface area contributed by atoms with Crippen LogP contribution in [0.5, 0.6) is 11.5 Å². The Bertz CT molecular complexity index is 1060. The molecule has 0 atom stereocenters. The monoisotopic (exact) mass is 375 g/mol. The quantitative estimate of drug-likeness (QED) is 0.489. The van der Waals surface area contributed by atoms with Crippen LogP contribution >= 0.6 is 11.8 Å². The maximum Gasteiger partial charge on any atom is 0.234 e. The van der Waals surface area contributed by atoms with Crippen molar-refractivity contribution in [3.05, 3.63) is 85.2 Å². The number of hydrogen-bond acceptors (Lipinski definition) is 4. The average Bonchev–Trinajstić information content (AvgIpc) is 3.12. The lowest BCUT2D eigenvalue weighted by Gasteiger charge is -2.12. The van der Waals surface area contributed by atoms with Crippen LogP contribution in [0.4, 0.5) is 5.69 Å². The molecule has 5 nitrogen and oxygen atoms in total. The minimum absolute atomic E-state index is 0.114. The highest BCUT2D eigenvalue weighted by Gasteiger charge is 2.11. The Morgan fingerprint density at radius 2 is 1.78 bits per heavy atom. The Balaban J connectivity index is 1.42. The molecule has 2 aromatic carbocycles. The topological polar surface area (TPSA) is 55.6 Å². The molecule has 6 heteroatoms. The molecule has 0 aliphatic rings. The van der Waals surface area contributed by atoms with Crippen LogP contribution in [0.15, 0.2) is 90.3 Å².